The number of carbonyl (C=O) groups excluding carboxylic acids is 4. The van der Waals surface area contributed by atoms with Crippen LogP contribution in [0, 0.1) is 10.1 Å². The van der Waals surface area contributed by atoms with Crippen LogP contribution >= 0.6 is 0 Å². The molecule has 1 heterocycles. The third-order valence-electron chi connectivity index (χ3n) is 4.37. The van der Waals surface area contributed by atoms with Crippen LogP contribution in [0.1, 0.15) is 38.5 Å². The van der Waals surface area contributed by atoms with Gasteiger partial charge in [0, 0.05) is 50.2 Å². The van der Waals surface area contributed by atoms with Crippen LogP contribution in [0.3, 0.4) is 0 Å². The van der Waals surface area contributed by atoms with Crippen molar-refractivity contribution in [1.82, 2.24) is 10.2 Å². The Morgan fingerprint density at radius 3 is 2.23 bits per heavy atom. The number of hydrogen-bond acceptors (Lipinski definition) is 7. The maximum absolute atomic E-state index is 11.8. The molecule has 0 saturated heterocycles. The van der Waals surface area contributed by atoms with E-state index in [1.165, 1.54) is 36.4 Å². The minimum Gasteiger partial charge on any atom is -0.427 e. The lowest BCUT2D eigenvalue weighted by Crippen LogP contribution is -2.34. The molecule has 160 valence electrons. The van der Waals surface area contributed by atoms with Crippen molar-refractivity contribution in [1.29, 1.82) is 0 Å². The number of amides is 3. The molecule has 3 amide bonds. The molecule has 1 aliphatic heterocycles. The van der Waals surface area contributed by atoms with Crippen LogP contribution in [-0.2, 0) is 19.2 Å². The van der Waals surface area contributed by atoms with E-state index in [-0.39, 0.29) is 36.7 Å². The summed E-state index contributed by atoms with van der Waals surface area (Å²) in [7, 11) is 0. The highest BCUT2D eigenvalue weighted by Gasteiger charge is 2.23. The van der Waals surface area contributed by atoms with Crippen LogP contribution in [0.5, 0.6) is 5.75 Å². The number of non-ortho nitro benzene ring substituents is 1. The largest absolute Gasteiger partial charge is 0.427 e. The number of rotatable bonds is 12. The van der Waals surface area contributed by atoms with Crippen LogP contribution in [0.4, 0.5) is 5.69 Å². The van der Waals surface area contributed by atoms with E-state index in [1.807, 2.05) is 0 Å². The van der Waals surface area contributed by atoms with E-state index in [0.717, 1.165) is 24.2 Å². The predicted octanol–water partition coefficient (Wildman–Crippen LogP) is 1.88. The Morgan fingerprint density at radius 1 is 0.967 bits per heavy atom. The van der Waals surface area contributed by atoms with Gasteiger partial charge in [-0.25, -0.2) is 0 Å². The molecule has 1 aromatic carbocycles. The molecule has 1 N–H and O–H groups in total. The fourth-order valence-corrected chi connectivity index (χ4v) is 2.75. The van der Waals surface area contributed by atoms with Crippen molar-refractivity contribution in [2.24, 2.45) is 0 Å². The zero-order chi connectivity index (χ0) is 21.9. The standard InChI is InChI=1S/C20H23N3O7/c24-17(12-14-22-18(25)10-11-19(22)26)21-13-4-2-1-3-5-20(27)30-16-8-6-15(7-9-16)23(28)29/h6-11H,1-5,12-14H2,(H,21,24). The van der Waals surface area contributed by atoms with Gasteiger partial charge in [-0.05, 0) is 25.0 Å². The van der Waals surface area contributed by atoms with Gasteiger partial charge in [-0.2, -0.15) is 0 Å². The van der Waals surface area contributed by atoms with E-state index in [1.54, 1.807) is 0 Å². The Kier molecular flexibility index (Phi) is 8.67. The highest BCUT2D eigenvalue weighted by Crippen LogP contribution is 2.18. The van der Waals surface area contributed by atoms with Crippen LogP contribution in [0.25, 0.3) is 0 Å². The summed E-state index contributed by atoms with van der Waals surface area (Å²) in [6, 6.07) is 5.30. The molecule has 1 aromatic rings. The summed E-state index contributed by atoms with van der Waals surface area (Å²) in [4.78, 5) is 57.3. The SMILES string of the molecule is O=C(CCN1C(=O)C=CC1=O)NCCCCCCC(=O)Oc1ccc([N+](=O)[O-])cc1. The average molecular weight is 417 g/mol. The molecule has 1 aliphatic rings. The lowest BCUT2D eigenvalue weighted by atomic mass is 10.1. The number of unbranched alkanes of at least 4 members (excludes halogenated alkanes) is 3. The number of benzene rings is 1. The minimum absolute atomic E-state index is 0.0629. The van der Waals surface area contributed by atoms with Crippen LogP contribution < -0.4 is 10.1 Å². The summed E-state index contributed by atoms with van der Waals surface area (Å²) in [5.41, 5.74) is -0.0723. The van der Waals surface area contributed by atoms with Gasteiger partial charge in [-0.15, -0.1) is 0 Å². The van der Waals surface area contributed by atoms with Crippen molar-refractivity contribution in [2.75, 3.05) is 13.1 Å². The molecular formula is C20H23N3O7. The van der Waals surface area contributed by atoms with Crippen molar-refractivity contribution in [3.05, 3.63) is 46.5 Å². The highest BCUT2D eigenvalue weighted by molar-refractivity contribution is 6.13. The van der Waals surface area contributed by atoms with Gasteiger partial charge in [0.25, 0.3) is 17.5 Å². The molecule has 0 radical (unpaired) electrons. The second-order valence-corrected chi connectivity index (χ2v) is 6.65. The van der Waals surface area contributed by atoms with Crippen molar-refractivity contribution < 1.29 is 28.8 Å². The first kappa shape index (κ1) is 22.7. The van der Waals surface area contributed by atoms with Gasteiger partial charge in [0.05, 0.1) is 4.92 Å². The molecule has 0 fully saturated rings. The van der Waals surface area contributed by atoms with Crippen LogP contribution in [-0.4, -0.2) is 46.6 Å². The second kappa shape index (κ2) is 11.4. The molecule has 10 nitrogen and oxygen atoms in total. The number of esters is 1. The molecule has 0 atom stereocenters. The van der Waals surface area contributed by atoms with Gasteiger partial charge in [0.1, 0.15) is 5.75 Å². The number of nitro benzene ring substituents is 1. The predicted molar refractivity (Wildman–Crippen MR) is 105 cm³/mol. The Hall–Kier alpha value is -3.56. The van der Waals surface area contributed by atoms with Crippen molar-refractivity contribution in [3.8, 4) is 5.75 Å². The third-order valence-corrected chi connectivity index (χ3v) is 4.37. The van der Waals surface area contributed by atoms with Gasteiger partial charge in [0.2, 0.25) is 5.91 Å². The first-order chi connectivity index (χ1) is 14.4. The fraction of sp³-hybridized carbons (Fsp3) is 0.400. The topological polar surface area (TPSA) is 136 Å². The van der Waals surface area contributed by atoms with Gasteiger partial charge in [0.15, 0.2) is 0 Å². The Morgan fingerprint density at radius 2 is 1.60 bits per heavy atom. The molecule has 0 aromatic heterocycles. The number of ether oxygens (including phenoxy) is 1. The Labute approximate surface area is 173 Å². The Balaban J connectivity index is 1.48. The molecule has 0 aliphatic carbocycles. The maximum atomic E-state index is 11.8. The number of imide groups is 1. The minimum atomic E-state index is -0.527. The first-order valence-electron chi connectivity index (χ1n) is 9.62. The van der Waals surface area contributed by atoms with E-state index in [9.17, 15) is 29.3 Å². The molecule has 0 unspecified atom stereocenters. The van der Waals surface area contributed by atoms with Crippen molar-refractivity contribution in [2.45, 2.75) is 38.5 Å². The Bertz CT molecular complexity index is 815. The molecular weight excluding hydrogens is 394 g/mol. The average Bonchev–Trinajstić information content (AvgIpc) is 3.03. The molecule has 10 heteroatoms. The molecule has 0 spiro atoms. The second-order valence-electron chi connectivity index (χ2n) is 6.65. The summed E-state index contributed by atoms with van der Waals surface area (Å²) in [5.74, 6) is -1.17. The smallest absolute Gasteiger partial charge is 0.311 e. The van der Waals surface area contributed by atoms with E-state index in [2.05, 4.69) is 5.32 Å². The molecule has 30 heavy (non-hydrogen) atoms. The van der Waals surface area contributed by atoms with Gasteiger partial charge in [-0.1, -0.05) is 12.8 Å². The number of carbonyl (C=O) groups is 4. The molecule has 2 rings (SSSR count). The summed E-state index contributed by atoms with van der Waals surface area (Å²) in [6.07, 6.45) is 5.64. The van der Waals surface area contributed by atoms with E-state index < -0.39 is 22.7 Å². The quantitative estimate of drug-likeness (QED) is 0.137. The first-order valence-corrected chi connectivity index (χ1v) is 9.62. The number of hydrogen-bond donors (Lipinski definition) is 1. The van der Waals surface area contributed by atoms with Crippen molar-refractivity contribution >= 4 is 29.4 Å². The number of nitrogens with zero attached hydrogens (tertiary/aromatic N) is 2. The zero-order valence-electron chi connectivity index (χ0n) is 16.4. The highest BCUT2D eigenvalue weighted by atomic mass is 16.6. The van der Waals surface area contributed by atoms with Gasteiger partial charge in [-0.3, -0.25) is 34.2 Å². The van der Waals surface area contributed by atoms with Crippen molar-refractivity contribution in [3.63, 3.8) is 0 Å². The summed E-state index contributed by atoms with van der Waals surface area (Å²) in [5, 5.41) is 13.3. The van der Waals surface area contributed by atoms with E-state index >= 15 is 0 Å². The lowest BCUT2D eigenvalue weighted by molar-refractivity contribution is -0.384. The number of nitro groups is 1. The van der Waals surface area contributed by atoms with E-state index in [0.29, 0.717) is 13.0 Å². The monoisotopic (exact) mass is 417 g/mol. The summed E-state index contributed by atoms with van der Waals surface area (Å²) < 4.78 is 5.12. The number of nitrogens with one attached hydrogen (secondary N) is 1. The molecule has 0 saturated carbocycles. The van der Waals surface area contributed by atoms with Gasteiger partial charge >= 0.3 is 5.97 Å². The van der Waals surface area contributed by atoms with E-state index in [4.69, 9.17) is 4.74 Å². The maximum Gasteiger partial charge on any atom is 0.311 e. The van der Waals surface area contributed by atoms with Crippen LogP contribution in [0.2, 0.25) is 0 Å². The zero-order valence-corrected chi connectivity index (χ0v) is 16.4. The normalized spacial score (nSPS) is 12.9. The van der Waals surface area contributed by atoms with Gasteiger partial charge < -0.3 is 10.1 Å². The fourth-order valence-electron chi connectivity index (χ4n) is 2.75. The van der Waals surface area contributed by atoms with Crippen LogP contribution in [0.15, 0.2) is 36.4 Å². The third kappa shape index (κ3) is 7.46. The lowest BCUT2D eigenvalue weighted by Gasteiger charge is -2.13. The summed E-state index contributed by atoms with van der Waals surface area (Å²) in [6.45, 7) is 0.541. The summed E-state index contributed by atoms with van der Waals surface area (Å²) >= 11 is 0. The molecule has 0 bridgehead atoms.